The quantitative estimate of drug-likeness (QED) is 0.848. The summed E-state index contributed by atoms with van der Waals surface area (Å²) in [6, 6.07) is 1.96. The average Bonchev–Trinajstić information content (AvgIpc) is 2.83. The van der Waals surface area contributed by atoms with Crippen molar-refractivity contribution in [3.05, 3.63) is 28.0 Å². The van der Waals surface area contributed by atoms with Crippen LogP contribution in [0.1, 0.15) is 43.0 Å². The number of carboxylic acid groups (broad SMARTS) is 1. The van der Waals surface area contributed by atoms with Gasteiger partial charge in [-0.05, 0) is 41.8 Å². The molecule has 2 heterocycles. The normalized spacial score (nSPS) is 20.0. The van der Waals surface area contributed by atoms with E-state index in [-0.39, 0.29) is 5.91 Å². The zero-order valence-electron chi connectivity index (χ0n) is 12.2. The van der Waals surface area contributed by atoms with Crippen molar-refractivity contribution in [3.8, 4) is 0 Å². The van der Waals surface area contributed by atoms with Crippen molar-refractivity contribution in [1.82, 2.24) is 4.90 Å². The topological polar surface area (TPSA) is 57.6 Å². The summed E-state index contributed by atoms with van der Waals surface area (Å²) in [5.41, 5.74) is 0.881. The van der Waals surface area contributed by atoms with E-state index in [0.717, 1.165) is 42.3 Å². The van der Waals surface area contributed by atoms with Crippen LogP contribution in [-0.4, -0.2) is 28.4 Å². The lowest BCUT2D eigenvalue weighted by molar-refractivity contribution is -0.132. The molecule has 0 aliphatic carbocycles. The monoisotopic (exact) mass is 307 g/mol. The molecule has 1 N–H and O–H groups in total. The lowest BCUT2D eigenvalue weighted by Crippen LogP contribution is -2.29. The summed E-state index contributed by atoms with van der Waals surface area (Å²) in [5.74, 6) is -0.0469. The van der Waals surface area contributed by atoms with Gasteiger partial charge in [0.05, 0.1) is 6.54 Å². The van der Waals surface area contributed by atoms with E-state index in [4.69, 9.17) is 5.11 Å². The summed E-state index contributed by atoms with van der Waals surface area (Å²) in [5, 5.41) is 10.5. The number of carbonyl (C=O) groups is 2. The first kappa shape index (κ1) is 15.8. The van der Waals surface area contributed by atoms with Crippen LogP contribution in [0.25, 0.3) is 6.08 Å². The molecule has 0 spiro atoms. The first-order chi connectivity index (χ1) is 10.1. The molecule has 1 aromatic rings. The molecule has 1 aliphatic heterocycles. The maximum atomic E-state index is 12.1. The van der Waals surface area contributed by atoms with Gasteiger partial charge in [-0.3, -0.25) is 4.79 Å². The molecule has 1 aromatic heterocycles. The van der Waals surface area contributed by atoms with Crippen LogP contribution in [0.2, 0.25) is 0 Å². The Kier molecular flexibility index (Phi) is 5.56. The summed E-state index contributed by atoms with van der Waals surface area (Å²) in [6.45, 7) is 3.65. The molecule has 1 unspecified atom stereocenters. The molecule has 2 rings (SSSR count). The van der Waals surface area contributed by atoms with Gasteiger partial charge in [0, 0.05) is 23.9 Å². The highest BCUT2D eigenvalue weighted by molar-refractivity contribution is 7.10. The Morgan fingerprint density at radius 1 is 1.52 bits per heavy atom. The Morgan fingerprint density at radius 2 is 2.33 bits per heavy atom. The third kappa shape index (κ3) is 4.70. The van der Waals surface area contributed by atoms with Crippen LogP contribution in [0.4, 0.5) is 0 Å². The number of amides is 1. The molecule has 1 aliphatic rings. The van der Waals surface area contributed by atoms with E-state index < -0.39 is 5.97 Å². The number of carboxylic acids is 1. The van der Waals surface area contributed by atoms with Crippen LogP contribution in [-0.2, 0) is 16.1 Å². The summed E-state index contributed by atoms with van der Waals surface area (Å²) >= 11 is 1.57. The first-order valence-electron chi connectivity index (χ1n) is 7.34. The number of nitrogens with zero attached hydrogens (tertiary/aromatic N) is 1. The number of hydrogen-bond donors (Lipinski definition) is 1. The maximum absolute atomic E-state index is 12.1. The van der Waals surface area contributed by atoms with Crippen molar-refractivity contribution in [2.75, 3.05) is 6.54 Å². The molecular formula is C16H21NO3S. The standard InChI is InChI=1S/C16H21NO3S/c1-2-12-3-5-15(18)17(8-7-12)10-14-9-13(11-21-14)4-6-16(19)20/h4,6,9,11-12H,2-3,5,7-8,10H2,1H3,(H,19,20). The molecule has 1 amide bonds. The van der Waals surface area contributed by atoms with E-state index >= 15 is 0 Å². The van der Waals surface area contributed by atoms with Gasteiger partial charge in [-0.25, -0.2) is 4.79 Å². The van der Waals surface area contributed by atoms with Crippen molar-refractivity contribution in [3.63, 3.8) is 0 Å². The number of rotatable bonds is 5. The Hall–Kier alpha value is -1.62. The van der Waals surface area contributed by atoms with Crippen molar-refractivity contribution in [1.29, 1.82) is 0 Å². The molecule has 0 aromatic carbocycles. The Morgan fingerprint density at radius 3 is 3.05 bits per heavy atom. The first-order valence-corrected chi connectivity index (χ1v) is 8.22. The molecule has 1 fully saturated rings. The average molecular weight is 307 g/mol. The second-order valence-corrected chi connectivity index (χ2v) is 6.43. The van der Waals surface area contributed by atoms with Gasteiger partial charge in [0.15, 0.2) is 0 Å². The van der Waals surface area contributed by atoms with Crippen molar-refractivity contribution in [2.24, 2.45) is 5.92 Å². The van der Waals surface area contributed by atoms with Gasteiger partial charge in [0.1, 0.15) is 0 Å². The summed E-state index contributed by atoms with van der Waals surface area (Å²) in [6.07, 6.45) is 6.59. The Balaban J connectivity index is 1.97. The Labute approximate surface area is 129 Å². The fourth-order valence-corrected chi connectivity index (χ4v) is 3.46. The van der Waals surface area contributed by atoms with Gasteiger partial charge < -0.3 is 10.0 Å². The van der Waals surface area contributed by atoms with Crippen LogP contribution < -0.4 is 0 Å². The molecule has 5 heteroatoms. The van der Waals surface area contributed by atoms with Crippen molar-refractivity contribution >= 4 is 29.3 Å². The summed E-state index contributed by atoms with van der Waals surface area (Å²) in [4.78, 5) is 25.7. The maximum Gasteiger partial charge on any atom is 0.328 e. The molecule has 0 saturated carbocycles. The minimum Gasteiger partial charge on any atom is -0.478 e. The fraction of sp³-hybridized carbons (Fsp3) is 0.500. The highest BCUT2D eigenvalue weighted by Gasteiger charge is 2.21. The van der Waals surface area contributed by atoms with Crippen LogP contribution >= 0.6 is 11.3 Å². The number of carbonyl (C=O) groups excluding carboxylic acids is 1. The predicted octanol–water partition coefficient (Wildman–Crippen LogP) is 3.38. The van der Waals surface area contributed by atoms with Crippen LogP contribution in [0.3, 0.4) is 0 Å². The molecule has 4 nitrogen and oxygen atoms in total. The SMILES string of the molecule is CCC1CCC(=O)N(Cc2cc(C=CC(=O)O)cs2)CC1. The number of likely N-dealkylation sites (tertiary alicyclic amines) is 1. The third-order valence-electron chi connectivity index (χ3n) is 3.94. The second kappa shape index (κ2) is 7.41. The van der Waals surface area contributed by atoms with Gasteiger partial charge in [0.2, 0.25) is 5.91 Å². The minimum absolute atomic E-state index is 0.238. The van der Waals surface area contributed by atoms with Crippen LogP contribution in [0.5, 0.6) is 0 Å². The van der Waals surface area contributed by atoms with Gasteiger partial charge in [-0.1, -0.05) is 13.3 Å². The van der Waals surface area contributed by atoms with E-state index in [9.17, 15) is 9.59 Å². The highest BCUT2D eigenvalue weighted by atomic mass is 32.1. The van der Waals surface area contributed by atoms with Gasteiger partial charge in [-0.15, -0.1) is 11.3 Å². The third-order valence-corrected chi connectivity index (χ3v) is 4.88. The van der Waals surface area contributed by atoms with Gasteiger partial charge in [0.25, 0.3) is 0 Å². The predicted molar refractivity (Wildman–Crippen MR) is 84.0 cm³/mol. The van der Waals surface area contributed by atoms with Crippen molar-refractivity contribution in [2.45, 2.75) is 39.2 Å². The van der Waals surface area contributed by atoms with E-state index in [0.29, 0.717) is 18.9 Å². The number of aliphatic carboxylic acids is 1. The number of hydrogen-bond acceptors (Lipinski definition) is 3. The molecule has 1 atom stereocenters. The van der Waals surface area contributed by atoms with Crippen LogP contribution in [0.15, 0.2) is 17.5 Å². The van der Waals surface area contributed by atoms with E-state index in [1.165, 1.54) is 0 Å². The van der Waals surface area contributed by atoms with Gasteiger partial charge in [-0.2, -0.15) is 0 Å². The molecule has 0 bridgehead atoms. The largest absolute Gasteiger partial charge is 0.478 e. The molecule has 21 heavy (non-hydrogen) atoms. The van der Waals surface area contributed by atoms with E-state index in [1.807, 2.05) is 16.3 Å². The Bertz CT molecular complexity index is 535. The van der Waals surface area contributed by atoms with E-state index in [1.54, 1.807) is 17.4 Å². The summed E-state index contributed by atoms with van der Waals surface area (Å²) in [7, 11) is 0. The lowest BCUT2D eigenvalue weighted by atomic mass is 9.98. The zero-order valence-corrected chi connectivity index (χ0v) is 13.1. The smallest absolute Gasteiger partial charge is 0.328 e. The van der Waals surface area contributed by atoms with Crippen LogP contribution in [0, 0.1) is 5.92 Å². The highest BCUT2D eigenvalue weighted by Crippen LogP contribution is 2.24. The lowest BCUT2D eigenvalue weighted by Gasteiger charge is -2.19. The molecule has 1 saturated heterocycles. The van der Waals surface area contributed by atoms with Gasteiger partial charge >= 0.3 is 5.97 Å². The summed E-state index contributed by atoms with van der Waals surface area (Å²) < 4.78 is 0. The fourth-order valence-electron chi connectivity index (χ4n) is 2.59. The van der Waals surface area contributed by atoms with Crippen molar-refractivity contribution < 1.29 is 14.7 Å². The zero-order chi connectivity index (χ0) is 15.2. The van der Waals surface area contributed by atoms with E-state index in [2.05, 4.69) is 6.92 Å². The second-order valence-electron chi connectivity index (χ2n) is 5.43. The molecule has 114 valence electrons. The minimum atomic E-state index is -0.948. The molecular weight excluding hydrogens is 286 g/mol. The number of thiophene rings is 1. The molecule has 0 radical (unpaired) electrons.